The van der Waals surface area contributed by atoms with Gasteiger partial charge >= 0.3 is 0 Å². The third kappa shape index (κ3) is 3.26. The second kappa shape index (κ2) is 6.01. The minimum Gasteiger partial charge on any atom is -0.279 e. The fourth-order valence-electron chi connectivity index (χ4n) is 1.97. The highest BCUT2D eigenvalue weighted by Gasteiger charge is 2.26. The van der Waals surface area contributed by atoms with E-state index in [1.165, 1.54) is 37.3 Å². The number of anilines is 1. The van der Waals surface area contributed by atoms with Crippen LogP contribution in [0.4, 0.5) is 17.1 Å². The highest BCUT2D eigenvalue weighted by Crippen LogP contribution is 2.29. The monoisotopic (exact) mass is 337 g/mol. The van der Waals surface area contributed by atoms with E-state index in [9.17, 15) is 28.6 Å². The number of nitro benzene ring substituents is 2. The summed E-state index contributed by atoms with van der Waals surface area (Å²) in [5.74, 6) is 0. The van der Waals surface area contributed by atoms with E-state index in [2.05, 4.69) is 4.72 Å². The van der Waals surface area contributed by atoms with E-state index in [0.717, 1.165) is 12.1 Å². The first-order chi connectivity index (χ1) is 10.7. The van der Waals surface area contributed by atoms with Gasteiger partial charge < -0.3 is 0 Å². The Hall–Kier alpha value is -3.01. The van der Waals surface area contributed by atoms with E-state index < -0.39 is 30.5 Å². The smallest absolute Gasteiger partial charge is 0.279 e. The molecule has 0 unspecified atom stereocenters. The Morgan fingerprint density at radius 2 is 1.48 bits per heavy atom. The minimum absolute atomic E-state index is 0.0163. The van der Waals surface area contributed by atoms with Crippen LogP contribution in [0.3, 0.4) is 0 Å². The van der Waals surface area contributed by atoms with Gasteiger partial charge in [0.1, 0.15) is 0 Å². The molecule has 0 aliphatic carbocycles. The van der Waals surface area contributed by atoms with Gasteiger partial charge in [0, 0.05) is 12.1 Å². The van der Waals surface area contributed by atoms with Gasteiger partial charge in [-0.05, 0) is 19.1 Å². The molecule has 0 bridgehead atoms. The van der Waals surface area contributed by atoms with E-state index in [-0.39, 0.29) is 16.9 Å². The van der Waals surface area contributed by atoms with Crippen LogP contribution in [0, 0.1) is 27.2 Å². The molecule has 10 heteroatoms. The van der Waals surface area contributed by atoms with E-state index in [1.807, 2.05) is 0 Å². The quantitative estimate of drug-likeness (QED) is 0.658. The van der Waals surface area contributed by atoms with E-state index >= 15 is 0 Å². The molecule has 0 spiro atoms. The second-order valence-electron chi connectivity index (χ2n) is 4.54. The van der Waals surface area contributed by atoms with Crippen LogP contribution in [0.25, 0.3) is 0 Å². The van der Waals surface area contributed by atoms with Crippen molar-refractivity contribution in [2.24, 2.45) is 0 Å². The van der Waals surface area contributed by atoms with Gasteiger partial charge in [0.05, 0.1) is 21.1 Å². The Balaban J connectivity index is 2.50. The SMILES string of the molecule is Cc1c(NS(=O)(=O)c2ccccc2[N+](=O)[O-])cccc1[N+](=O)[O-]. The van der Waals surface area contributed by atoms with Crippen LogP contribution in [-0.4, -0.2) is 18.3 Å². The first-order valence-electron chi connectivity index (χ1n) is 6.24. The third-order valence-corrected chi connectivity index (χ3v) is 4.51. The number of hydrogen-bond acceptors (Lipinski definition) is 6. The van der Waals surface area contributed by atoms with E-state index in [1.54, 1.807) is 0 Å². The Kier molecular flexibility index (Phi) is 4.27. The Labute approximate surface area is 130 Å². The molecule has 0 atom stereocenters. The number of nitro groups is 2. The molecule has 2 aromatic carbocycles. The van der Waals surface area contributed by atoms with Crippen molar-refractivity contribution in [2.75, 3.05) is 4.72 Å². The molecule has 0 aliphatic rings. The summed E-state index contributed by atoms with van der Waals surface area (Å²) in [7, 11) is -4.27. The normalized spacial score (nSPS) is 11.0. The number of benzene rings is 2. The van der Waals surface area contributed by atoms with Gasteiger partial charge in [-0.2, -0.15) is 0 Å². The molecular weight excluding hydrogens is 326 g/mol. The zero-order valence-corrected chi connectivity index (χ0v) is 12.6. The van der Waals surface area contributed by atoms with Gasteiger partial charge in [0.25, 0.3) is 21.4 Å². The number of para-hydroxylation sites is 1. The Bertz CT molecular complexity index is 894. The van der Waals surface area contributed by atoms with Crippen LogP contribution in [0.5, 0.6) is 0 Å². The summed E-state index contributed by atoms with van der Waals surface area (Å²) in [6.45, 7) is 1.38. The van der Waals surface area contributed by atoms with Crippen LogP contribution in [0.2, 0.25) is 0 Å². The molecule has 0 amide bonds. The summed E-state index contributed by atoms with van der Waals surface area (Å²) in [6.07, 6.45) is 0. The van der Waals surface area contributed by atoms with Crippen molar-refractivity contribution in [3.8, 4) is 0 Å². The molecule has 2 rings (SSSR count). The molecule has 0 heterocycles. The molecular formula is C13H11N3O6S. The van der Waals surface area contributed by atoms with Gasteiger partial charge in [0.2, 0.25) is 0 Å². The highest BCUT2D eigenvalue weighted by molar-refractivity contribution is 7.92. The molecule has 0 saturated heterocycles. The summed E-state index contributed by atoms with van der Waals surface area (Å²) < 4.78 is 26.9. The fourth-order valence-corrected chi connectivity index (χ4v) is 3.26. The van der Waals surface area contributed by atoms with Crippen molar-refractivity contribution >= 4 is 27.1 Å². The van der Waals surface area contributed by atoms with Crippen LogP contribution in [0.1, 0.15) is 5.56 Å². The van der Waals surface area contributed by atoms with Crippen LogP contribution < -0.4 is 4.72 Å². The summed E-state index contributed by atoms with van der Waals surface area (Å²) in [5.41, 5.74) is -0.743. The van der Waals surface area contributed by atoms with E-state index in [0.29, 0.717) is 0 Å². The van der Waals surface area contributed by atoms with Gasteiger partial charge in [-0.15, -0.1) is 0 Å². The number of nitrogens with zero attached hydrogens (tertiary/aromatic N) is 2. The molecule has 2 aromatic rings. The predicted octanol–water partition coefficient (Wildman–Crippen LogP) is 2.61. The Morgan fingerprint density at radius 3 is 2.09 bits per heavy atom. The van der Waals surface area contributed by atoms with Crippen molar-refractivity contribution in [1.29, 1.82) is 0 Å². The third-order valence-electron chi connectivity index (χ3n) is 3.10. The lowest BCUT2D eigenvalue weighted by molar-refractivity contribution is -0.387. The standard InChI is InChI=1S/C13H11N3O6S/c1-9-10(5-4-7-11(9)15(17)18)14-23(21,22)13-8-3-2-6-12(13)16(19)20/h2-8,14H,1H3. The average Bonchev–Trinajstić information content (AvgIpc) is 2.49. The maximum Gasteiger partial charge on any atom is 0.289 e. The molecule has 0 radical (unpaired) electrons. The summed E-state index contributed by atoms with van der Waals surface area (Å²) >= 11 is 0. The fraction of sp³-hybridized carbons (Fsp3) is 0.0769. The van der Waals surface area contributed by atoms with Crippen molar-refractivity contribution in [3.05, 3.63) is 68.3 Å². The average molecular weight is 337 g/mol. The second-order valence-corrected chi connectivity index (χ2v) is 6.19. The molecule has 0 aliphatic heterocycles. The largest absolute Gasteiger partial charge is 0.289 e. The maximum absolute atomic E-state index is 12.4. The van der Waals surface area contributed by atoms with Crippen molar-refractivity contribution in [3.63, 3.8) is 0 Å². The minimum atomic E-state index is -4.27. The van der Waals surface area contributed by atoms with Crippen LogP contribution in [-0.2, 0) is 10.0 Å². The highest BCUT2D eigenvalue weighted by atomic mass is 32.2. The van der Waals surface area contributed by atoms with Gasteiger partial charge in [0.15, 0.2) is 4.90 Å². The molecule has 23 heavy (non-hydrogen) atoms. The number of nitrogens with one attached hydrogen (secondary N) is 1. The summed E-state index contributed by atoms with van der Waals surface area (Å²) in [6, 6.07) is 8.74. The molecule has 9 nitrogen and oxygen atoms in total. The Morgan fingerprint density at radius 1 is 0.913 bits per heavy atom. The van der Waals surface area contributed by atoms with Crippen molar-refractivity contribution < 1.29 is 18.3 Å². The lowest BCUT2D eigenvalue weighted by atomic mass is 10.2. The summed E-state index contributed by atoms with van der Waals surface area (Å²) in [5, 5.41) is 21.8. The zero-order chi connectivity index (χ0) is 17.2. The van der Waals surface area contributed by atoms with Gasteiger partial charge in [-0.3, -0.25) is 25.0 Å². The number of hydrogen-bond donors (Lipinski definition) is 1. The summed E-state index contributed by atoms with van der Waals surface area (Å²) in [4.78, 5) is 19.9. The van der Waals surface area contributed by atoms with E-state index in [4.69, 9.17) is 0 Å². The molecule has 0 fully saturated rings. The van der Waals surface area contributed by atoms with Crippen LogP contribution >= 0.6 is 0 Å². The molecule has 0 saturated carbocycles. The molecule has 120 valence electrons. The molecule has 0 aromatic heterocycles. The first-order valence-corrected chi connectivity index (χ1v) is 7.72. The van der Waals surface area contributed by atoms with Gasteiger partial charge in [-0.25, -0.2) is 8.42 Å². The predicted molar refractivity (Wildman–Crippen MR) is 81.7 cm³/mol. The lowest BCUT2D eigenvalue weighted by Crippen LogP contribution is -2.15. The lowest BCUT2D eigenvalue weighted by Gasteiger charge is -2.10. The first kappa shape index (κ1) is 16.4. The van der Waals surface area contributed by atoms with Crippen LogP contribution in [0.15, 0.2) is 47.4 Å². The maximum atomic E-state index is 12.4. The van der Waals surface area contributed by atoms with Crippen molar-refractivity contribution in [1.82, 2.24) is 0 Å². The van der Waals surface area contributed by atoms with Gasteiger partial charge in [-0.1, -0.05) is 18.2 Å². The number of sulfonamides is 1. The zero-order valence-electron chi connectivity index (χ0n) is 11.8. The number of rotatable bonds is 5. The topological polar surface area (TPSA) is 132 Å². The van der Waals surface area contributed by atoms with Crippen molar-refractivity contribution in [2.45, 2.75) is 11.8 Å². The molecule has 1 N–H and O–H groups in total.